The third-order valence-corrected chi connectivity index (χ3v) is 5.47. The van der Waals surface area contributed by atoms with Crippen molar-refractivity contribution in [1.82, 2.24) is 0 Å². The van der Waals surface area contributed by atoms with E-state index < -0.39 is 9.84 Å². The van der Waals surface area contributed by atoms with Gasteiger partial charge >= 0.3 is 0 Å². The molecule has 2 aromatic rings. The highest BCUT2D eigenvalue weighted by molar-refractivity contribution is 7.90. The Balaban J connectivity index is 2.44. The molecule has 2 aromatic carbocycles. The van der Waals surface area contributed by atoms with Gasteiger partial charge in [-0.3, -0.25) is 0 Å². The molecule has 0 radical (unpaired) electrons. The van der Waals surface area contributed by atoms with Gasteiger partial charge in [-0.2, -0.15) is 0 Å². The lowest BCUT2D eigenvalue weighted by Gasteiger charge is -2.12. The number of nitrogens with two attached hydrogens (primary N) is 1. The number of hydrogen-bond acceptors (Lipinski definition) is 3. The van der Waals surface area contributed by atoms with E-state index in [4.69, 9.17) is 17.3 Å². The minimum Gasteiger partial charge on any atom is -0.398 e. The van der Waals surface area contributed by atoms with Crippen molar-refractivity contribution in [3.8, 4) is 0 Å². The zero-order valence-electron chi connectivity index (χ0n) is 12.3. The van der Waals surface area contributed by atoms with Gasteiger partial charge in [-0.25, -0.2) is 8.42 Å². The number of rotatable bonds is 3. The zero-order valence-corrected chi connectivity index (χ0v) is 13.8. The Hall–Kier alpha value is -1.52. The molecule has 0 aliphatic heterocycles. The first-order valence-corrected chi connectivity index (χ1v) is 8.58. The van der Waals surface area contributed by atoms with Gasteiger partial charge in [-0.1, -0.05) is 29.3 Å². The van der Waals surface area contributed by atoms with Crippen LogP contribution in [0.5, 0.6) is 0 Å². The fraction of sp³-hybridized carbons (Fsp3) is 0.250. The molecule has 5 heteroatoms. The molecule has 2 rings (SSSR count). The Morgan fingerprint density at radius 1 is 1.05 bits per heavy atom. The van der Waals surface area contributed by atoms with Crippen molar-refractivity contribution in [2.24, 2.45) is 0 Å². The first-order chi connectivity index (χ1) is 9.70. The lowest BCUT2D eigenvalue weighted by Crippen LogP contribution is -2.08. The average molecular weight is 324 g/mol. The number of sulfone groups is 1. The van der Waals surface area contributed by atoms with Gasteiger partial charge in [0.05, 0.1) is 21.4 Å². The van der Waals surface area contributed by atoms with Gasteiger partial charge in [0, 0.05) is 0 Å². The molecule has 0 spiro atoms. The van der Waals surface area contributed by atoms with Crippen LogP contribution < -0.4 is 5.73 Å². The van der Waals surface area contributed by atoms with Crippen molar-refractivity contribution in [1.29, 1.82) is 0 Å². The molecule has 21 heavy (non-hydrogen) atoms. The fourth-order valence-electron chi connectivity index (χ4n) is 2.41. The Labute approximate surface area is 130 Å². The van der Waals surface area contributed by atoms with Crippen LogP contribution in [0.25, 0.3) is 0 Å². The summed E-state index contributed by atoms with van der Waals surface area (Å²) >= 11 is 5.92. The van der Waals surface area contributed by atoms with Crippen LogP contribution in [-0.2, 0) is 15.6 Å². The van der Waals surface area contributed by atoms with E-state index >= 15 is 0 Å². The summed E-state index contributed by atoms with van der Waals surface area (Å²) in [4.78, 5) is 0.195. The second kappa shape index (κ2) is 5.70. The normalized spacial score (nSPS) is 11.6. The van der Waals surface area contributed by atoms with Crippen LogP contribution in [0.1, 0.15) is 22.3 Å². The molecule has 0 amide bonds. The number of anilines is 1. The van der Waals surface area contributed by atoms with Crippen molar-refractivity contribution in [3.05, 3.63) is 57.6 Å². The van der Waals surface area contributed by atoms with Gasteiger partial charge in [-0.05, 0) is 55.7 Å². The molecule has 0 unspecified atom stereocenters. The molecule has 0 aliphatic rings. The zero-order chi connectivity index (χ0) is 15.8. The van der Waals surface area contributed by atoms with E-state index in [2.05, 4.69) is 0 Å². The molecule has 0 heterocycles. The Bertz CT molecular complexity index is 775. The lowest BCUT2D eigenvalue weighted by atomic mass is 10.0. The molecule has 0 fully saturated rings. The van der Waals surface area contributed by atoms with Crippen LogP contribution >= 0.6 is 11.6 Å². The molecule has 0 saturated heterocycles. The highest BCUT2D eigenvalue weighted by Gasteiger charge is 2.19. The maximum atomic E-state index is 12.6. The van der Waals surface area contributed by atoms with Gasteiger partial charge in [-0.15, -0.1) is 0 Å². The molecular weight excluding hydrogens is 306 g/mol. The Morgan fingerprint density at radius 2 is 1.62 bits per heavy atom. The summed E-state index contributed by atoms with van der Waals surface area (Å²) in [5.74, 6) is -0.0365. The smallest absolute Gasteiger partial charge is 0.182 e. The van der Waals surface area contributed by atoms with Crippen molar-refractivity contribution in [2.45, 2.75) is 31.4 Å². The first-order valence-electron chi connectivity index (χ1n) is 6.55. The SMILES string of the molecule is Cc1cc(C)c(CS(=O)(=O)c2ccc(N)c(Cl)c2)c(C)c1. The van der Waals surface area contributed by atoms with E-state index in [-0.39, 0.29) is 15.7 Å². The highest BCUT2D eigenvalue weighted by Crippen LogP contribution is 2.27. The van der Waals surface area contributed by atoms with Crippen molar-refractivity contribution < 1.29 is 8.42 Å². The van der Waals surface area contributed by atoms with Crippen LogP contribution in [0.4, 0.5) is 5.69 Å². The molecular formula is C16H18ClNO2S. The van der Waals surface area contributed by atoms with Crippen LogP contribution in [0.3, 0.4) is 0 Å². The average Bonchev–Trinajstić information content (AvgIpc) is 2.37. The third-order valence-electron chi connectivity index (χ3n) is 3.51. The Kier molecular flexibility index (Phi) is 4.30. The largest absolute Gasteiger partial charge is 0.398 e. The number of aryl methyl sites for hydroxylation is 3. The second-order valence-electron chi connectivity index (χ2n) is 5.32. The molecule has 0 aliphatic carbocycles. The molecule has 3 nitrogen and oxygen atoms in total. The molecule has 112 valence electrons. The third kappa shape index (κ3) is 3.39. The summed E-state index contributed by atoms with van der Waals surface area (Å²) < 4.78 is 25.1. The predicted molar refractivity (Wildman–Crippen MR) is 87.4 cm³/mol. The molecule has 0 atom stereocenters. The van der Waals surface area contributed by atoms with E-state index in [0.29, 0.717) is 5.69 Å². The number of hydrogen-bond donors (Lipinski definition) is 1. The summed E-state index contributed by atoms with van der Waals surface area (Å²) in [5.41, 5.74) is 9.93. The van der Waals surface area contributed by atoms with Gasteiger partial charge in [0.2, 0.25) is 0 Å². The summed E-state index contributed by atoms with van der Waals surface area (Å²) in [6, 6.07) is 8.41. The quantitative estimate of drug-likeness (QED) is 0.873. The van der Waals surface area contributed by atoms with E-state index in [1.165, 1.54) is 18.2 Å². The summed E-state index contributed by atoms with van der Waals surface area (Å²) in [6.07, 6.45) is 0. The van der Waals surface area contributed by atoms with E-state index in [1.807, 2.05) is 32.9 Å². The number of benzene rings is 2. The van der Waals surface area contributed by atoms with Crippen molar-refractivity contribution >= 4 is 27.1 Å². The predicted octanol–water partition coefficient (Wildman–Crippen LogP) is 3.82. The topological polar surface area (TPSA) is 60.2 Å². The van der Waals surface area contributed by atoms with Crippen LogP contribution in [0, 0.1) is 20.8 Å². The summed E-state index contributed by atoms with van der Waals surface area (Å²) in [7, 11) is -3.45. The van der Waals surface area contributed by atoms with Crippen molar-refractivity contribution in [2.75, 3.05) is 5.73 Å². The van der Waals surface area contributed by atoms with Crippen LogP contribution in [-0.4, -0.2) is 8.42 Å². The molecule has 0 aromatic heterocycles. The molecule has 2 N–H and O–H groups in total. The van der Waals surface area contributed by atoms with E-state index in [0.717, 1.165) is 22.3 Å². The maximum Gasteiger partial charge on any atom is 0.182 e. The van der Waals surface area contributed by atoms with Crippen LogP contribution in [0.2, 0.25) is 5.02 Å². The highest BCUT2D eigenvalue weighted by atomic mass is 35.5. The second-order valence-corrected chi connectivity index (χ2v) is 7.72. The molecule has 0 saturated carbocycles. The van der Waals surface area contributed by atoms with Gasteiger partial charge < -0.3 is 5.73 Å². The van der Waals surface area contributed by atoms with E-state index in [9.17, 15) is 8.42 Å². The fourth-order valence-corrected chi connectivity index (χ4v) is 4.23. The minimum absolute atomic E-state index is 0.0365. The molecule has 0 bridgehead atoms. The standard InChI is InChI=1S/C16H18ClNO2S/c1-10-6-11(2)14(12(3)7-10)9-21(19,20)13-4-5-16(18)15(17)8-13/h4-8H,9,18H2,1-3H3. The monoisotopic (exact) mass is 323 g/mol. The van der Waals surface area contributed by atoms with E-state index in [1.54, 1.807) is 0 Å². The minimum atomic E-state index is -3.45. The maximum absolute atomic E-state index is 12.6. The summed E-state index contributed by atoms with van der Waals surface area (Å²) in [6.45, 7) is 5.86. The number of nitrogen functional groups attached to an aromatic ring is 1. The van der Waals surface area contributed by atoms with Gasteiger partial charge in [0.25, 0.3) is 0 Å². The van der Waals surface area contributed by atoms with Gasteiger partial charge in [0.1, 0.15) is 0 Å². The Morgan fingerprint density at radius 3 is 2.14 bits per heavy atom. The van der Waals surface area contributed by atoms with Crippen molar-refractivity contribution in [3.63, 3.8) is 0 Å². The van der Waals surface area contributed by atoms with Gasteiger partial charge in [0.15, 0.2) is 9.84 Å². The van der Waals surface area contributed by atoms with Crippen LogP contribution in [0.15, 0.2) is 35.2 Å². The number of halogens is 1. The lowest BCUT2D eigenvalue weighted by molar-refractivity contribution is 0.595. The first kappa shape index (κ1) is 15.9. The summed E-state index contributed by atoms with van der Waals surface area (Å²) in [5, 5.41) is 0.258.